The SMILES string of the molecule is CCn1c(=O)c(N)c(-c2ccccc2)n1-c1ccccc1. The highest BCUT2D eigenvalue weighted by Gasteiger charge is 2.19. The van der Waals surface area contributed by atoms with Gasteiger partial charge in [0.25, 0.3) is 5.56 Å². The number of aromatic nitrogens is 2. The first-order valence-electron chi connectivity index (χ1n) is 6.96. The summed E-state index contributed by atoms with van der Waals surface area (Å²) in [5.74, 6) is 0. The quantitative estimate of drug-likeness (QED) is 0.801. The number of nitrogens with zero attached hydrogens (tertiary/aromatic N) is 2. The summed E-state index contributed by atoms with van der Waals surface area (Å²) < 4.78 is 3.56. The molecule has 2 aromatic carbocycles. The van der Waals surface area contributed by atoms with E-state index in [0.717, 1.165) is 16.9 Å². The molecule has 2 N–H and O–H groups in total. The van der Waals surface area contributed by atoms with Crippen molar-refractivity contribution in [3.8, 4) is 16.9 Å². The molecule has 0 aliphatic heterocycles. The van der Waals surface area contributed by atoms with Crippen LogP contribution in [-0.4, -0.2) is 9.36 Å². The van der Waals surface area contributed by atoms with E-state index in [1.165, 1.54) is 0 Å². The Hall–Kier alpha value is -2.75. The fourth-order valence-electron chi connectivity index (χ4n) is 2.56. The zero-order chi connectivity index (χ0) is 14.8. The summed E-state index contributed by atoms with van der Waals surface area (Å²) >= 11 is 0. The first-order valence-corrected chi connectivity index (χ1v) is 6.96. The molecule has 4 nitrogen and oxygen atoms in total. The van der Waals surface area contributed by atoms with Crippen LogP contribution in [-0.2, 0) is 6.54 Å². The number of nitrogens with two attached hydrogens (primary N) is 1. The summed E-state index contributed by atoms with van der Waals surface area (Å²) in [5, 5.41) is 0. The number of nitrogen functional groups attached to an aromatic ring is 1. The normalized spacial score (nSPS) is 10.7. The second-order valence-electron chi connectivity index (χ2n) is 4.80. The van der Waals surface area contributed by atoms with Crippen LogP contribution in [0.1, 0.15) is 6.92 Å². The molecule has 0 saturated heterocycles. The summed E-state index contributed by atoms with van der Waals surface area (Å²) in [6.45, 7) is 2.50. The van der Waals surface area contributed by atoms with E-state index >= 15 is 0 Å². The van der Waals surface area contributed by atoms with Gasteiger partial charge in [0.15, 0.2) is 0 Å². The number of hydrogen-bond donors (Lipinski definition) is 1. The van der Waals surface area contributed by atoms with Crippen LogP contribution in [0.3, 0.4) is 0 Å². The highest BCUT2D eigenvalue weighted by atomic mass is 16.1. The summed E-state index contributed by atoms with van der Waals surface area (Å²) in [4.78, 5) is 12.4. The van der Waals surface area contributed by atoms with Crippen LogP contribution in [0.15, 0.2) is 65.5 Å². The molecular formula is C17H17N3O. The van der Waals surface area contributed by atoms with Crippen LogP contribution in [0.2, 0.25) is 0 Å². The van der Waals surface area contributed by atoms with Gasteiger partial charge in [0, 0.05) is 12.1 Å². The molecule has 0 atom stereocenters. The lowest BCUT2D eigenvalue weighted by molar-refractivity contribution is 0.570. The predicted octanol–water partition coefficient (Wildman–Crippen LogP) is 2.91. The molecule has 1 heterocycles. The van der Waals surface area contributed by atoms with E-state index in [9.17, 15) is 4.79 Å². The van der Waals surface area contributed by atoms with Gasteiger partial charge in [-0.1, -0.05) is 48.5 Å². The molecule has 0 amide bonds. The third kappa shape index (κ3) is 2.14. The van der Waals surface area contributed by atoms with Crippen molar-refractivity contribution in [2.45, 2.75) is 13.5 Å². The van der Waals surface area contributed by atoms with E-state index in [4.69, 9.17) is 5.73 Å². The van der Waals surface area contributed by atoms with Gasteiger partial charge in [0.1, 0.15) is 5.69 Å². The Morgan fingerprint density at radius 3 is 2.10 bits per heavy atom. The second kappa shape index (κ2) is 5.32. The van der Waals surface area contributed by atoms with Gasteiger partial charge >= 0.3 is 0 Å². The molecule has 3 aromatic rings. The molecule has 0 spiro atoms. The number of anilines is 1. The lowest BCUT2D eigenvalue weighted by Gasteiger charge is -2.14. The molecule has 0 aliphatic rings. The Kier molecular flexibility index (Phi) is 3.36. The second-order valence-corrected chi connectivity index (χ2v) is 4.80. The summed E-state index contributed by atoms with van der Waals surface area (Å²) in [5.41, 5.74) is 8.83. The van der Waals surface area contributed by atoms with Crippen molar-refractivity contribution in [2.24, 2.45) is 0 Å². The Bertz CT molecular complexity index is 801. The molecule has 3 rings (SSSR count). The van der Waals surface area contributed by atoms with E-state index < -0.39 is 0 Å². The third-order valence-electron chi connectivity index (χ3n) is 3.52. The molecule has 0 radical (unpaired) electrons. The molecule has 0 saturated carbocycles. The molecular weight excluding hydrogens is 262 g/mol. The minimum Gasteiger partial charge on any atom is -0.392 e. The Morgan fingerprint density at radius 2 is 1.52 bits per heavy atom. The highest BCUT2D eigenvalue weighted by Crippen LogP contribution is 2.27. The maximum absolute atomic E-state index is 12.4. The maximum atomic E-state index is 12.4. The van der Waals surface area contributed by atoms with E-state index in [0.29, 0.717) is 6.54 Å². The van der Waals surface area contributed by atoms with Crippen LogP contribution >= 0.6 is 0 Å². The van der Waals surface area contributed by atoms with Crippen LogP contribution in [0.5, 0.6) is 0 Å². The van der Waals surface area contributed by atoms with Crippen molar-refractivity contribution >= 4 is 5.69 Å². The highest BCUT2D eigenvalue weighted by molar-refractivity contribution is 5.74. The first-order chi connectivity index (χ1) is 10.2. The average molecular weight is 279 g/mol. The van der Waals surface area contributed by atoms with Gasteiger partial charge in [-0.15, -0.1) is 0 Å². The van der Waals surface area contributed by atoms with Gasteiger partial charge in [-0.2, -0.15) is 0 Å². The van der Waals surface area contributed by atoms with Gasteiger partial charge < -0.3 is 5.73 Å². The van der Waals surface area contributed by atoms with Crippen molar-refractivity contribution in [3.05, 3.63) is 71.0 Å². The predicted molar refractivity (Wildman–Crippen MR) is 85.6 cm³/mol. The maximum Gasteiger partial charge on any atom is 0.290 e. The van der Waals surface area contributed by atoms with E-state index in [-0.39, 0.29) is 11.2 Å². The Balaban J connectivity index is 2.37. The molecule has 21 heavy (non-hydrogen) atoms. The number of hydrogen-bond acceptors (Lipinski definition) is 2. The van der Waals surface area contributed by atoms with E-state index in [1.807, 2.05) is 72.3 Å². The fraction of sp³-hybridized carbons (Fsp3) is 0.118. The fourth-order valence-corrected chi connectivity index (χ4v) is 2.56. The van der Waals surface area contributed by atoms with Crippen molar-refractivity contribution < 1.29 is 0 Å². The molecule has 0 aliphatic carbocycles. The number of para-hydroxylation sites is 1. The van der Waals surface area contributed by atoms with Crippen molar-refractivity contribution in [1.29, 1.82) is 0 Å². The number of benzene rings is 2. The molecule has 1 aromatic heterocycles. The zero-order valence-electron chi connectivity index (χ0n) is 11.9. The first kappa shape index (κ1) is 13.2. The Labute approximate surface area is 123 Å². The minimum absolute atomic E-state index is 0.153. The van der Waals surface area contributed by atoms with Gasteiger partial charge in [-0.3, -0.25) is 4.79 Å². The molecule has 0 bridgehead atoms. The van der Waals surface area contributed by atoms with Gasteiger partial charge in [-0.05, 0) is 19.1 Å². The molecule has 4 heteroatoms. The zero-order valence-corrected chi connectivity index (χ0v) is 11.9. The lowest BCUT2D eigenvalue weighted by Crippen LogP contribution is -2.22. The van der Waals surface area contributed by atoms with Gasteiger partial charge in [0.05, 0.1) is 11.4 Å². The minimum atomic E-state index is -0.153. The standard InChI is InChI=1S/C17H17N3O/c1-2-19-17(21)15(18)16(13-9-5-3-6-10-13)20(19)14-11-7-4-8-12-14/h3-12H,2,18H2,1H3. The van der Waals surface area contributed by atoms with Crippen LogP contribution in [0.25, 0.3) is 16.9 Å². The van der Waals surface area contributed by atoms with Crippen molar-refractivity contribution in [1.82, 2.24) is 9.36 Å². The van der Waals surface area contributed by atoms with Crippen molar-refractivity contribution in [2.75, 3.05) is 5.73 Å². The average Bonchev–Trinajstić information content (AvgIpc) is 2.80. The Morgan fingerprint density at radius 1 is 0.952 bits per heavy atom. The molecule has 0 fully saturated rings. The number of rotatable bonds is 3. The van der Waals surface area contributed by atoms with E-state index in [1.54, 1.807) is 4.68 Å². The van der Waals surface area contributed by atoms with Gasteiger partial charge in [-0.25, -0.2) is 9.36 Å². The van der Waals surface area contributed by atoms with Crippen LogP contribution < -0.4 is 11.3 Å². The van der Waals surface area contributed by atoms with Crippen LogP contribution in [0.4, 0.5) is 5.69 Å². The topological polar surface area (TPSA) is 52.9 Å². The smallest absolute Gasteiger partial charge is 0.290 e. The lowest BCUT2D eigenvalue weighted by atomic mass is 10.1. The van der Waals surface area contributed by atoms with Crippen LogP contribution in [0, 0.1) is 0 Å². The largest absolute Gasteiger partial charge is 0.392 e. The summed E-state index contributed by atoms with van der Waals surface area (Å²) in [6, 6.07) is 19.5. The summed E-state index contributed by atoms with van der Waals surface area (Å²) in [6.07, 6.45) is 0. The van der Waals surface area contributed by atoms with Gasteiger partial charge in [0.2, 0.25) is 0 Å². The molecule has 0 unspecified atom stereocenters. The third-order valence-corrected chi connectivity index (χ3v) is 3.52. The van der Waals surface area contributed by atoms with Crippen molar-refractivity contribution in [3.63, 3.8) is 0 Å². The monoisotopic (exact) mass is 279 g/mol. The molecule has 106 valence electrons. The summed E-state index contributed by atoms with van der Waals surface area (Å²) in [7, 11) is 0. The van der Waals surface area contributed by atoms with E-state index in [2.05, 4.69) is 0 Å².